The van der Waals surface area contributed by atoms with Crippen molar-refractivity contribution in [3.05, 3.63) is 11.6 Å². The molecule has 0 aromatic carbocycles. The zero-order chi connectivity index (χ0) is 12.7. The highest BCUT2D eigenvalue weighted by molar-refractivity contribution is 6.29. The summed E-state index contributed by atoms with van der Waals surface area (Å²) in [5.41, 5.74) is 5.01. The van der Waals surface area contributed by atoms with Crippen molar-refractivity contribution in [1.82, 2.24) is 10.6 Å². The predicted molar refractivity (Wildman–Crippen MR) is 64.0 cm³/mol. The molecule has 0 aliphatic rings. The lowest BCUT2D eigenvalue weighted by Crippen LogP contribution is -2.51. The number of primary amides is 1. The maximum Gasteiger partial charge on any atom is 0.312 e. The Kier molecular flexibility index (Phi) is 6.56. The molecule has 0 rings (SSSR count). The van der Waals surface area contributed by atoms with Gasteiger partial charge in [0.1, 0.15) is 6.04 Å². The second kappa shape index (κ2) is 7.11. The number of urea groups is 1. The van der Waals surface area contributed by atoms with Crippen molar-refractivity contribution in [2.45, 2.75) is 26.3 Å². The molecular formula is C10H18ClN3O2. The number of hydrogen-bond acceptors (Lipinski definition) is 2. The van der Waals surface area contributed by atoms with E-state index in [4.69, 9.17) is 17.3 Å². The highest BCUT2D eigenvalue weighted by Crippen LogP contribution is 2.08. The van der Waals surface area contributed by atoms with E-state index in [9.17, 15) is 9.59 Å². The summed E-state index contributed by atoms with van der Waals surface area (Å²) in [5, 5.41) is 5.30. The maximum atomic E-state index is 11.7. The first-order valence-electron chi connectivity index (χ1n) is 5.05. The van der Waals surface area contributed by atoms with Gasteiger partial charge < -0.3 is 16.4 Å². The molecule has 0 bridgehead atoms. The second-order valence-corrected chi connectivity index (χ2v) is 4.14. The Morgan fingerprint density at radius 3 is 2.44 bits per heavy atom. The van der Waals surface area contributed by atoms with Crippen LogP contribution in [0.4, 0.5) is 4.79 Å². The van der Waals surface area contributed by atoms with E-state index < -0.39 is 12.1 Å². The summed E-state index contributed by atoms with van der Waals surface area (Å²) < 4.78 is 0. The van der Waals surface area contributed by atoms with Gasteiger partial charge in [0.25, 0.3) is 0 Å². The fourth-order valence-corrected chi connectivity index (χ4v) is 1.21. The summed E-state index contributed by atoms with van der Waals surface area (Å²) in [6.07, 6.45) is 0.750. The number of amides is 3. The van der Waals surface area contributed by atoms with Gasteiger partial charge >= 0.3 is 6.03 Å². The largest absolute Gasteiger partial charge is 0.352 e. The van der Waals surface area contributed by atoms with Crippen LogP contribution in [0, 0.1) is 5.92 Å². The van der Waals surface area contributed by atoms with Gasteiger partial charge in [-0.05, 0) is 5.92 Å². The minimum Gasteiger partial charge on any atom is -0.352 e. The summed E-state index contributed by atoms with van der Waals surface area (Å²) in [7, 11) is 0. The monoisotopic (exact) mass is 247 g/mol. The molecule has 4 N–H and O–H groups in total. The van der Waals surface area contributed by atoms with Crippen molar-refractivity contribution in [3.8, 4) is 0 Å². The van der Waals surface area contributed by atoms with Crippen LogP contribution in [-0.2, 0) is 4.79 Å². The molecule has 92 valence electrons. The molecular weight excluding hydrogens is 230 g/mol. The van der Waals surface area contributed by atoms with Crippen molar-refractivity contribution in [2.75, 3.05) is 6.54 Å². The molecule has 0 saturated carbocycles. The standard InChI is InChI=1S/C10H18ClN3O2/c1-4-6(2)8(14-10(12)16)9(15)13-5-7(3)11/h6,8H,3-5H2,1-2H3,(H,13,15)(H3,12,14,16). The van der Waals surface area contributed by atoms with E-state index in [1.165, 1.54) is 0 Å². The third-order valence-electron chi connectivity index (χ3n) is 2.25. The minimum absolute atomic E-state index is 0.00362. The summed E-state index contributed by atoms with van der Waals surface area (Å²) in [4.78, 5) is 22.5. The molecule has 16 heavy (non-hydrogen) atoms. The first-order valence-corrected chi connectivity index (χ1v) is 5.43. The van der Waals surface area contributed by atoms with Crippen LogP contribution in [0.15, 0.2) is 11.6 Å². The molecule has 6 heteroatoms. The molecule has 0 fully saturated rings. The van der Waals surface area contributed by atoms with Crippen molar-refractivity contribution in [2.24, 2.45) is 11.7 Å². The Balaban J connectivity index is 4.43. The Hall–Kier alpha value is -1.23. The van der Waals surface area contributed by atoms with Crippen LogP contribution in [0.2, 0.25) is 0 Å². The number of carbonyl (C=O) groups is 2. The molecule has 0 aromatic heterocycles. The van der Waals surface area contributed by atoms with Crippen LogP contribution in [0.1, 0.15) is 20.3 Å². The Morgan fingerprint density at radius 1 is 1.50 bits per heavy atom. The van der Waals surface area contributed by atoms with E-state index in [0.717, 1.165) is 6.42 Å². The van der Waals surface area contributed by atoms with Gasteiger partial charge in [-0.25, -0.2) is 4.79 Å². The molecule has 0 aromatic rings. The van der Waals surface area contributed by atoms with Crippen molar-refractivity contribution >= 4 is 23.5 Å². The number of halogens is 1. The third-order valence-corrected chi connectivity index (χ3v) is 2.38. The molecule has 0 aliphatic heterocycles. The topological polar surface area (TPSA) is 84.2 Å². The zero-order valence-electron chi connectivity index (χ0n) is 9.55. The number of hydrogen-bond donors (Lipinski definition) is 3. The minimum atomic E-state index is -0.717. The number of nitrogens with one attached hydrogen (secondary N) is 2. The molecule has 0 spiro atoms. The lowest BCUT2D eigenvalue weighted by molar-refractivity contribution is -0.123. The predicted octanol–water partition coefficient (Wildman–Crippen LogP) is 0.938. The molecule has 2 atom stereocenters. The summed E-state index contributed by atoms with van der Waals surface area (Å²) in [6, 6.07) is -1.36. The molecule has 3 amide bonds. The average Bonchev–Trinajstić information content (AvgIpc) is 2.21. The first kappa shape index (κ1) is 14.8. The van der Waals surface area contributed by atoms with Crippen LogP contribution in [0.5, 0.6) is 0 Å². The maximum absolute atomic E-state index is 11.7. The van der Waals surface area contributed by atoms with E-state index in [-0.39, 0.29) is 18.4 Å². The molecule has 0 aliphatic carbocycles. The van der Waals surface area contributed by atoms with Gasteiger partial charge in [0.2, 0.25) is 5.91 Å². The van der Waals surface area contributed by atoms with Crippen molar-refractivity contribution < 1.29 is 9.59 Å². The zero-order valence-corrected chi connectivity index (χ0v) is 10.3. The quantitative estimate of drug-likeness (QED) is 0.653. The van der Waals surface area contributed by atoms with Gasteiger partial charge in [0, 0.05) is 5.03 Å². The second-order valence-electron chi connectivity index (χ2n) is 3.61. The van der Waals surface area contributed by atoms with Crippen LogP contribution in [0.3, 0.4) is 0 Å². The molecule has 0 heterocycles. The lowest BCUT2D eigenvalue weighted by Gasteiger charge is -2.22. The summed E-state index contributed by atoms with van der Waals surface area (Å²) in [6.45, 7) is 7.41. The fraction of sp³-hybridized carbons (Fsp3) is 0.600. The van der Waals surface area contributed by atoms with Gasteiger partial charge in [-0.3, -0.25) is 4.79 Å². The van der Waals surface area contributed by atoms with Gasteiger partial charge in [-0.1, -0.05) is 38.4 Å². The lowest BCUT2D eigenvalue weighted by atomic mass is 9.98. The number of nitrogens with two attached hydrogens (primary N) is 1. The number of rotatable bonds is 6. The normalized spacial score (nSPS) is 13.7. The smallest absolute Gasteiger partial charge is 0.312 e. The Bertz CT molecular complexity index is 281. The Morgan fingerprint density at radius 2 is 2.06 bits per heavy atom. The van der Waals surface area contributed by atoms with Crippen molar-refractivity contribution in [3.63, 3.8) is 0 Å². The van der Waals surface area contributed by atoms with Gasteiger partial charge in [-0.2, -0.15) is 0 Å². The molecule has 5 nitrogen and oxygen atoms in total. The van der Waals surface area contributed by atoms with Gasteiger partial charge in [0.05, 0.1) is 6.54 Å². The van der Waals surface area contributed by atoms with E-state index >= 15 is 0 Å². The first-order chi connectivity index (χ1) is 7.38. The highest BCUT2D eigenvalue weighted by atomic mass is 35.5. The third kappa shape index (κ3) is 5.60. The SMILES string of the molecule is C=C(Cl)CNC(=O)C(NC(N)=O)C(C)CC. The van der Waals surface area contributed by atoms with E-state index in [1.807, 2.05) is 13.8 Å². The van der Waals surface area contributed by atoms with Crippen molar-refractivity contribution in [1.29, 1.82) is 0 Å². The molecule has 2 unspecified atom stereocenters. The summed E-state index contributed by atoms with van der Waals surface area (Å²) in [5.74, 6) is -0.314. The summed E-state index contributed by atoms with van der Waals surface area (Å²) >= 11 is 5.52. The average molecular weight is 248 g/mol. The molecule has 0 radical (unpaired) electrons. The fourth-order valence-electron chi connectivity index (χ4n) is 1.15. The van der Waals surface area contributed by atoms with Crippen LogP contribution in [0.25, 0.3) is 0 Å². The van der Waals surface area contributed by atoms with Crippen LogP contribution < -0.4 is 16.4 Å². The molecule has 0 saturated heterocycles. The van der Waals surface area contributed by atoms with E-state index in [2.05, 4.69) is 17.2 Å². The van der Waals surface area contributed by atoms with Gasteiger partial charge in [0.15, 0.2) is 0 Å². The van der Waals surface area contributed by atoms with E-state index in [1.54, 1.807) is 0 Å². The highest BCUT2D eigenvalue weighted by Gasteiger charge is 2.24. The number of carbonyl (C=O) groups excluding carboxylic acids is 2. The van der Waals surface area contributed by atoms with Crippen LogP contribution in [-0.4, -0.2) is 24.5 Å². The van der Waals surface area contributed by atoms with Crippen LogP contribution >= 0.6 is 11.6 Å². The van der Waals surface area contributed by atoms with E-state index in [0.29, 0.717) is 5.03 Å². The Labute approximate surface area is 100 Å². The van der Waals surface area contributed by atoms with Gasteiger partial charge in [-0.15, -0.1) is 0 Å².